The highest BCUT2D eigenvalue weighted by Gasteiger charge is 2.48. The molecule has 1 heterocycles. The van der Waals surface area contributed by atoms with E-state index < -0.39 is 0 Å². The Morgan fingerprint density at radius 2 is 1.67 bits per heavy atom. The summed E-state index contributed by atoms with van der Waals surface area (Å²) in [4.78, 5) is 16.5. The van der Waals surface area contributed by atoms with E-state index >= 15 is 0 Å². The lowest BCUT2D eigenvalue weighted by molar-refractivity contribution is -0.136. The van der Waals surface area contributed by atoms with Gasteiger partial charge in [-0.1, -0.05) is 12.1 Å². The van der Waals surface area contributed by atoms with Crippen molar-refractivity contribution < 1.29 is 9.18 Å². The molecule has 0 N–H and O–H groups in total. The van der Waals surface area contributed by atoms with E-state index in [0.29, 0.717) is 11.6 Å². The van der Waals surface area contributed by atoms with Crippen molar-refractivity contribution in [3.05, 3.63) is 30.1 Å². The van der Waals surface area contributed by atoms with E-state index in [2.05, 4.69) is 0 Å². The SMILES string of the molecule is O=C(C1CC2CC2C1)N1CCN(c2ccccc2F)CC1. The Balaban J connectivity index is 1.36. The van der Waals surface area contributed by atoms with E-state index in [0.717, 1.165) is 50.9 Å². The Hall–Kier alpha value is -1.58. The van der Waals surface area contributed by atoms with Gasteiger partial charge in [-0.2, -0.15) is 0 Å². The molecule has 3 fully saturated rings. The van der Waals surface area contributed by atoms with Crippen molar-refractivity contribution in [2.75, 3.05) is 31.1 Å². The molecular weight excluding hydrogens is 267 g/mol. The van der Waals surface area contributed by atoms with Crippen LogP contribution < -0.4 is 4.90 Å². The highest BCUT2D eigenvalue weighted by molar-refractivity contribution is 5.79. The van der Waals surface area contributed by atoms with E-state index in [1.165, 1.54) is 12.5 Å². The average Bonchev–Trinajstić information content (AvgIpc) is 3.13. The van der Waals surface area contributed by atoms with Gasteiger partial charge < -0.3 is 9.80 Å². The molecule has 0 aromatic heterocycles. The number of carbonyl (C=O) groups is 1. The smallest absolute Gasteiger partial charge is 0.225 e. The number of rotatable bonds is 2. The summed E-state index contributed by atoms with van der Waals surface area (Å²) in [5.41, 5.74) is 0.659. The van der Waals surface area contributed by atoms with E-state index in [9.17, 15) is 9.18 Å². The number of hydrogen-bond donors (Lipinski definition) is 0. The lowest BCUT2D eigenvalue weighted by atomic mass is 10.0. The first-order valence-corrected chi connectivity index (χ1v) is 8.00. The van der Waals surface area contributed by atoms with Crippen molar-refractivity contribution in [1.29, 1.82) is 0 Å². The van der Waals surface area contributed by atoms with Gasteiger partial charge in [0.05, 0.1) is 5.69 Å². The standard InChI is InChI=1S/C17H21FN2O/c18-15-3-1-2-4-16(15)19-5-7-20(8-6-19)17(21)14-10-12-9-13(12)11-14/h1-4,12-14H,5-11H2. The minimum Gasteiger partial charge on any atom is -0.366 e. The van der Waals surface area contributed by atoms with Crippen LogP contribution in [0.2, 0.25) is 0 Å². The fraction of sp³-hybridized carbons (Fsp3) is 0.588. The molecule has 3 aliphatic rings. The van der Waals surface area contributed by atoms with Crippen molar-refractivity contribution in [2.45, 2.75) is 19.3 Å². The molecule has 1 saturated heterocycles. The summed E-state index contributed by atoms with van der Waals surface area (Å²) in [6.45, 7) is 2.90. The molecule has 4 heteroatoms. The molecule has 3 nitrogen and oxygen atoms in total. The second-order valence-electron chi connectivity index (χ2n) is 6.69. The summed E-state index contributed by atoms with van der Waals surface area (Å²) in [7, 11) is 0. The summed E-state index contributed by atoms with van der Waals surface area (Å²) in [6.07, 6.45) is 3.57. The molecule has 1 aromatic carbocycles. The van der Waals surface area contributed by atoms with Crippen LogP contribution in [0, 0.1) is 23.6 Å². The maximum absolute atomic E-state index is 13.8. The van der Waals surface area contributed by atoms with Gasteiger partial charge in [-0.05, 0) is 43.2 Å². The molecule has 0 radical (unpaired) electrons. The van der Waals surface area contributed by atoms with Gasteiger partial charge in [0.25, 0.3) is 0 Å². The third-order valence-corrected chi connectivity index (χ3v) is 5.38. The van der Waals surface area contributed by atoms with E-state index in [-0.39, 0.29) is 11.7 Å². The largest absolute Gasteiger partial charge is 0.366 e. The van der Waals surface area contributed by atoms with Crippen LogP contribution in [0.15, 0.2) is 24.3 Å². The van der Waals surface area contributed by atoms with Crippen LogP contribution in [0.4, 0.5) is 10.1 Å². The van der Waals surface area contributed by atoms with E-state index in [4.69, 9.17) is 0 Å². The number of carbonyl (C=O) groups excluding carboxylic acids is 1. The second kappa shape index (κ2) is 5.00. The van der Waals surface area contributed by atoms with Gasteiger partial charge in [0.15, 0.2) is 0 Å². The van der Waals surface area contributed by atoms with Gasteiger partial charge in [0, 0.05) is 32.1 Å². The minimum absolute atomic E-state index is 0.173. The number of benzene rings is 1. The third kappa shape index (κ3) is 2.41. The average molecular weight is 288 g/mol. The van der Waals surface area contributed by atoms with Gasteiger partial charge in [0.2, 0.25) is 5.91 Å². The number of para-hydroxylation sites is 1. The zero-order chi connectivity index (χ0) is 14.4. The highest BCUT2D eigenvalue weighted by Crippen LogP contribution is 2.54. The molecule has 0 bridgehead atoms. The topological polar surface area (TPSA) is 23.6 Å². The van der Waals surface area contributed by atoms with Gasteiger partial charge in [-0.25, -0.2) is 4.39 Å². The molecule has 2 saturated carbocycles. The van der Waals surface area contributed by atoms with E-state index in [1.807, 2.05) is 21.9 Å². The van der Waals surface area contributed by atoms with Gasteiger partial charge in [-0.3, -0.25) is 4.79 Å². The second-order valence-corrected chi connectivity index (χ2v) is 6.69. The third-order valence-electron chi connectivity index (χ3n) is 5.38. The molecular formula is C17H21FN2O. The molecule has 1 aromatic rings. The minimum atomic E-state index is -0.173. The number of fused-ring (bicyclic) bond motifs is 1. The summed E-state index contributed by atoms with van der Waals surface area (Å²) in [6, 6.07) is 6.89. The quantitative estimate of drug-likeness (QED) is 0.835. The molecule has 1 amide bonds. The Bertz CT molecular complexity index is 543. The fourth-order valence-corrected chi connectivity index (χ4v) is 4.05. The highest BCUT2D eigenvalue weighted by atomic mass is 19.1. The number of nitrogens with zero attached hydrogens (tertiary/aromatic N) is 2. The van der Waals surface area contributed by atoms with Gasteiger partial charge in [-0.15, -0.1) is 0 Å². The maximum atomic E-state index is 13.8. The monoisotopic (exact) mass is 288 g/mol. The zero-order valence-electron chi connectivity index (χ0n) is 12.2. The van der Waals surface area contributed by atoms with Crippen molar-refractivity contribution in [3.8, 4) is 0 Å². The lowest BCUT2D eigenvalue weighted by Crippen LogP contribution is -2.50. The Labute approximate surface area is 124 Å². The summed E-state index contributed by atoms with van der Waals surface area (Å²) in [5.74, 6) is 2.13. The van der Waals surface area contributed by atoms with Crippen LogP contribution in [0.3, 0.4) is 0 Å². The van der Waals surface area contributed by atoms with E-state index in [1.54, 1.807) is 6.07 Å². The first-order valence-electron chi connectivity index (χ1n) is 8.00. The van der Waals surface area contributed by atoms with Crippen LogP contribution in [0.5, 0.6) is 0 Å². The van der Waals surface area contributed by atoms with Gasteiger partial charge in [0.1, 0.15) is 5.82 Å². The summed E-state index contributed by atoms with van der Waals surface area (Å²) in [5, 5.41) is 0. The first kappa shape index (κ1) is 13.1. The lowest BCUT2D eigenvalue weighted by Gasteiger charge is -2.37. The molecule has 112 valence electrons. The normalized spacial score (nSPS) is 31.2. The Morgan fingerprint density at radius 3 is 2.33 bits per heavy atom. The van der Waals surface area contributed by atoms with Crippen molar-refractivity contribution in [3.63, 3.8) is 0 Å². The Morgan fingerprint density at radius 1 is 1.00 bits per heavy atom. The van der Waals surface area contributed by atoms with Crippen LogP contribution in [-0.4, -0.2) is 37.0 Å². The molecule has 21 heavy (non-hydrogen) atoms. The number of amides is 1. The number of hydrogen-bond acceptors (Lipinski definition) is 2. The summed E-state index contributed by atoms with van der Waals surface area (Å²) < 4.78 is 13.8. The number of anilines is 1. The van der Waals surface area contributed by atoms with Crippen LogP contribution in [0.1, 0.15) is 19.3 Å². The predicted molar refractivity (Wildman–Crippen MR) is 79.5 cm³/mol. The van der Waals surface area contributed by atoms with Crippen molar-refractivity contribution >= 4 is 11.6 Å². The zero-order valence-corrected chi connectivity index (χ0v) is 12.2. The molecule has 0 spiro atoms. The molecule has 1 aliphatic heterocycles. The van der Waals surface area contributed by atoms with Crippen LogP contribution in [-0.2, 0) is 4.79 Å². The summed E-state index contributed by atoms with van der Waals surface area (Å²) >= 11 is 0. The molecule has 2 aliphatic carbocycles. The van der Waals surface area contributed by atoms with Crippen molar-refractivity contribution in [1.82, 2.24) is 4.90 Å². The fourth-order valence-electron chi connectivity index (χ4n) is 4.05. The maximum Gasteiger partial charge on any atom is 0.225 e. The molecule has 2 atom stereocenters. The van der Waals surface area contributed by atoms with Gasteiger partial charge >= 0.3 is 0 Å². The molecule has 2 unspecified atom stereocenters. The van der Waals surface area contributed by atoms with Crippen LogP contribution >= 0.6 is 0 Å². The Kier molecular flexibility index (Phi) is 3.12. The molecule has 4 rings (SSSR count). The van der Waals surface area contributed by atoms with Crippen molar-refractivity contribution in [2.24, 2.45) is 17.8 Å². The first-order chi connectivity index (χ1) is 10.2. The van der Waals surface area contributed by atoms with Crippen LogP contribution in [0.25, 0.3) is 0 Å². The number of halogens is 1. The number of piperazine rings is 1. The predicted octanol–water partition coefficient (Wildman–Crippen LogP) is 2.52.